The van der Waals surface area contributed by atoms with Crippen LogP contribution in [0.25, 0.3) is 11.6 Å². The van der Waals surface area contributed by atoms with Gasteiger partial charge in [0.2, 0.25) is 0 Å². The Bertz CT molecular complexity index is 500. The summed E-state index contributed by atoms with van der Waals surface area (Å²) in [4.78, 5) is 4.01. The average molecular weight is 225 g/mol. The molecule has 0 saturated heterocycles. The fourth-order valence-corrected chi connectivity index (χ4v) is 1.65. The van der Waals surface area contributed by atoms with Gasteiger partial charge in [-0.2, -0.15) is 0 Å². The molecule has 0 aliphatic heterocycles. The highest BCUT2D eigenvalue weighted by molar-refractivity contribution is 5.79. The largest absolute Gasteiger partial charge is 0.497 e. The molecular weight excluding hydrogens is 210 g/mol. The van der Waals surface area contributed by atoms with Gasteiger partial charge in [0.1, 0.15) is 5.75 Å². The van der Waals surface area contributed by atoms with Gasteiger partial charge in [0, 0.05) is 12.4 Å². The van der Waals surface area contributed by atoms with Crippen molar-refractivity contribution in [1.29, 1.82) is 0 Å². The molecule has 17 heavy (non-hydrogen) atoms. The van der Waals surface area contributed by atoms with Gasteiger partial charge < -0.3 is 4.74 Å². The van der Waals surface area contributed by atoms with Gasteiger partial charge in [0.05, 0.1) is 7.11 Å². The molecule has 0 aliphatic carbocycles. The second kappa shape index (κ2) is 5.30. The summed E-state index contributed by atoms with van der Waals surface area (Å²) in [5, 5.41) is 0. The van der Waals surface area contributed by atoms with E-state index in [1.165, 1.54) is 16.7 Å². The Balaban J connectivity index is 2.23. The predicted molar refractivity (Wildman–Crippen MR) is 70.8 cm³/mol. The molecule has 2 nitrogen and oxygen atoms in total. The van der Waals surface area contributed by atoms with Crippen LogP contribution in [0.2, 0.25) is 0 Å². The molecule has 0 radical (unpaired) electrons. The van der Waals surface area contributed by atoms with Crippen LogP contribution in [-0.2, 0) is 0 Å². The number of rotatable bonds is 3. The molecule has 0 amide bonds. The van der Waals surface area contributed by atoms with E-state index in [4.69, 9.17) is 4.74 Å². The number of hydrogen-bond acceptors (Lipinski definition) is 2. The summed E-state index contributed by atoms with van der Waals surface area (Å²) in [6.07, 6.45) is 5.76. The summed E-state index contributed by atoms with van der Waals surface area (Å²) in [5.74, 6) is 0.878. The summed E-state index contributed by atoms with van der Waals surface area (Å²) in [6.45, 7) is 2.10. The lowest BCUT2D eigenvalue weighted by Gasteiger charge is -2.02. The van der Waals surface area contributed by atoms with Gasteiger partial charge in [0.15, 0.2) is 0 Å². The van der Waals surface area contributed by atoms with Gasteiger partial charge in [-0.3, -0.25) is 4.98 Å². The highest BCUT2D eigenvalue weighted by Crippen LogP contribution is 2.18. The SMILES string of the molecule is COc1ccc(/C=C(/C)c2ccncc2)cc1. The Hall–Kier alpha value is -2.09. The molecule has 1 aromatic carbocycles. The fourth-order valence-electron chi connectivity index (χ4n) is 1.65. The topological polar surface area (TPSA) is 22.1 Å². The minimum absolute atomic E-state index is 0.878. The smallest absolute Gasteiger partial charge is 0.118 e. The second-order valence-electron chi connectivity index (χ2n) is 3.84. The summed E-state index contributed by atoms with van der Waals surface area (Å²) >= 11 is 0. The number of methoxy groups -OCH3 is 1. The minimum Gasteiger partial charge on any atom is -0.497 e. The van der Waals surface area contributed by atoms with Crippen LogP contribution >= 0.6 is 0 Å². The summed E-state index contributed by atoms with van der Waals surface area (Å²) in [7, 11) is 1.67. The van der Waals surface area contributed by atoms with Crippen molar-refractivity contribution in [1.82, 2.24) is 4.98 Å². The van der Waals surface area contributed by atoms with Gasteiger partial charge in [-0.1, -0.05) is 18.2 Å². The van der Waals surface area contributed by atoms with Crippen LogP contribution in [0.5, 0.6) is 5.75 Å². The van der Waals surface area contributed by atoms with Crippen molar-refractivity contribution < 1.29 is 4.74 Å². The summed E-state index contributed by atoms with van der Waals surface area (Å²) < 4.78 is 5.13. The Labute approximate surface area is 102 Å². The maximum atomic E-state index is 5.13. The van der Waals surface area contributed by atoms with Crippen molar-refractivity contribution in [3.63, 3.8) is 0 Å². The van der Waals surface area contributed by atoms with Crippen molar-refractivity contribution in [3.05, 3.63) is 59.9 Å². The van der Waals surface area contributed by atoms with Gasteiger partial charge in [0.25, 0.3) is 0 Å². The van der Waals surface area contributed by atoms with E-state index in [2.05, 4.69) is 18.0 Å². The minimum atomic E-state index is 0.878. The zero-order chi connectivity index (χ0) is 12.1. The molecular formula is C15H15NO. The zero-order valence-electron chi connectivity index (χ0n) is 10.1. The molecule has 0 spiro atoms. The molecule has 0 unspecified atom stereocenters. The number of allylic oxidation sites excluding steroid dienone is 1. The van der Waals surface area contributed by atoms with Gasteiger partial charge in [-0.25, -0.2) is 0 Å². The monoisotopic (exact) mass is 225 g/mol. The number of hydrogen-bond donors (Lipinski definition) is 0. The van der Waals surface area contributed by atoms with Crippen molar-refractivity contribution in [3.8, 4) is 5.75 Å². The molecule has 0 atom stereocenters. The van der Waals surface area contributed by atoms with Crippen LogP contribution in [0.4, 0.5) is 0 Å². The Morgan fingerprint density at radius 1 is 1.06 bits per heavy atom. The first kappa shape index (κ1) is 11.4. The molecule has 0 aliphatic rings. The van der Waals surface area contributed by atoms with E-state index in [-0.39, 0.29) is 0 Å². The lowest BCUT2D eigenvalue weighted by atomic mass is 10.1. The van der Waals surface area contributed by atoms with E-state index in [1.807, 2.05) is 36.4 Å². The Kier molecular flexibility index (Phi) is 3.55. The molecule has 2 rings (SSSR count). The molecule has 2 aromatic rings. The number of aromatic nitrogens is 1. The highest BCUT2D eigenvalue weighted by Gasteiger charge is 1.96. The zero-order valence-corrected chi connectivity index (χ0v) is 10.1. The third-order valence-corrected chi connectivity index (χ3v) is 2.63. The molecule has 1 aromatic heterocycles. The average Bonchev–Trinajstić information content (AvgIpc) is 2.40. The number of ether oxygens (including phenoxy) is 1. The van der Waals surface area contributed by atoms with Crippen LogP contribution in [0.1, 0.15) is 18.1 Å². The van der Waals surface area contributed by atoms with Crippen LogP contribution in [0, 0.1) is 0 Å². The van der Waals surface area contributed by atoms with E-state index in [0.717, 1.165) is 5.75 Å². The molecule has 0 fully saturated rings. The first-order valence-corrected chi connectivity index (χ1v) is 5.52. The van der Waals surface area contributed by atoms with Crippen LogP contribution in [0.15, 0.2) is 48.8 Å². The molecule has 2 heteroatoms. The number of benzene rings is 1. The quantitative estimate of drug-likeness (QED) is 0.795. The van der Waals surface area contributed by atoms with Crippen molar-refractivity contribution in [2.75, 3.05) is 7.11 Å². The maximum Gasteiger partial charge on any atom is 0.118 e. The first-order valence-electron chi connectivity index (χ1n) is 5.52. The lowest BCUT2D eigenvalue weighted by molar-refractivity contribution is 0.415. The second-order valence-corrected chi connectivity index (χ2v) is 3.84. The Morgan fingerprint density at radius 2 is 1.71 bits per heavy atom. The van der Waals surface area contributed by atoms with Crippen molar-refractivity contribution in [2.24, 2.45) is 0 Å². The molecule has 0 bridgehead atoms. The van der Waals surface area contributed by atoms with Gasteiger partial charge in [-0.05, 0) is 47.9 Å². The third kappa shape index (κ3) is 2.94. The van der Waals surface area contributed by atoms with E-state index >= 15 is 0 Å². The van der Waals surface area contributed by atoms with E-state index in [1.54, 1.807) is 19.5 Å². The van der Waals surface area contributed by atoms with Crippen molar-refractivity contribution >= 4 is 11.6 Å². The first-order chi connectivity index (χ1) is 8.29. The predicted octanol–water partition coefficient (Wildman–Crippen LogP) is 3.65. The van der Waals surface area contributed by atoms with Gasteiger partial charge in [-0.15, -0.1) is 0 Å². The van der Waals surface area contributed by atoms with Crippen molar-refractivity contribution in [2.45, 2.75) is 6.92 Å². The third-order valence-electron chi connectivity index (χ3n) is 2.63. The highest BCUT2D eigenvalue weighted by atomic mass is 16.5. The summed E-state index contributed by atoms with van der Waals surface area (Å²) in [6, 6.07) is 12.0. The number of nitrogens with zero attached hydrogens (tertiary/aromatic N) is 1. The summed E-state index contributed by atoms with van der Waals surface area (Å²) in [5.41, 5.74) is 3.58. The van der Waals surface area contributed by atoms with Gasteiger partial charge >= 0.3 is 0 Å². The van der Waals surface area contributed by atoms with E-state index in [0.29, 0.717) is 0 Å². The lowest BCUT2D eigenvalue weighted by Crippen LogP contribution is -1.83. The molecule has 1 heterocycles. The standard InChI is InChI=1S/C15H15NO/c1-12(14-7-9-16-10-8-14)11-13-3-5-15(17-2)6-4-13/h3-11H,1-2H3/b12-11-. The fraction of sp³-hybridized carbons (Fsp3) is 0.133. The van der Waals surface area contributed by atoms with Crippen LogP contribution < -0.4 is 4.74 Å². The molecule has 0 N–H and O–H groups in total. The Morgan fingerprint density at radius 3 is 2.29 bits per heavy atom. The van der Waals surface area contributed by atoms with Crippen LogP contribution in [0.3, 0.4) is 0 Å². The maximum absolute atomic E-state index is 5.13. The van der Waals surface area contributed by atoms with Crippen LogP contribution in [-0.4, -0.2) is 12.1 Å². The molecule has 0 saturated carbocycles. The molecule has 86 valence electrons. The van der Waals surface area contributed by atoms with E-state index in [9.17, 15) is 0 Å². The number of pyridine rings is 1. The normalized spacial score (nSPS) is 11.3. The van der Waals surface area contributed by atoms with E-state index < -0.39 is 0 Å².